The van der Waals surface area contributed by atoms with Crippen molar-refractivity contribution in [1.82, 2.24) is 14.5 Å². The zero-order chi connectivity index (χ0) is 15.7. The number of pyridine rings is 1. The van der Waals surface area contributed by atoms with Crippen LogP contribution in [-0.4, -0.2) is 33.4 Å². The maximum atomic E-state index is 12.7. The minimum Gasteiger partial charge on any atom is -0.277 e. The molecule has 1 aliphatic heterocycles. The fourth-order valence-electron chi connectivity index (χ4n) is 3.43. The van der Waals surface area contributed by atoms with Gasteiger partial charge >= 0.3 is 0 Å². The number of benzene rings is 2. The Balaban J connectivity index is 2.17. The topological polar surface area (TPSA) is 54.7 Å². The summed E-state index contributed by atoms with van der Waals surface area (Å²) in [5.41, 5.74) is 3.27. The first kappa shape index (κ1) is 12.3. The van der Waals surface area contributed by atoms with E-state index in [0.717, 1.165) is 21.8 Å². The molecule has 3 heterocycles. The zero-order valence-corrected chi connectivity index (χ0v) is 12.3. The van der Waals surface area contributed by atoms with Gasteiger partial charge in [-0.15, -0.1) is 0 Å². The van der Waals surface area contributed by atoms with Gasteiger partial charge in [0.25, 0.3) is 11.8 Å². The van der Waals surface area contributed by atoms with Crippen molar-refractivity contribution in [2.75, 3.05) is 7.05 Å². The predicted molar refractivity (Wildman–Crippen MR) is 86.6 cm³/mol. The SMILES string of the molecule is CN1C(=O)c2c(c3c4ccccc4nn3c3ccccc23)C1=O. The molecule has 5 heteroatoms. The Morgan fingerprint density at radius 3 is 2.30 bits per heavy atom. The Labute approximate surface area is 130 Å². The third-order valence-electron chi connectivity index (χ3n) is 4.50. The number of amides is 2. The predicted octanol–water partition coefficient (Wildman–Crippen LogP) is 2.87. The van der Waals surface area contributed by atoms with E-state index < -0.39 is 0 Å². The molecule has 0 saturated heterocycles. The van der Waals surface area contributed by atoms with Gasteiger partial charge < -0.3 is 0 Å². The number of nitrogens with zero attached hydrogens (tertiary/aromatic N) is 3. The molecule has 0 fully saturated rings. The lowest BCUT2D eigenvalue weighted by atomic mass is 10.0. The standard InChI is InChI=1S/C18H11N3O2/c1-20-17(22)14-11-7-3-5-9-13(11)21-16(15(14)18(20)23)10-6-2-4-8-12(10)19-21/h2-9H,1H3. The third kappa shape index (κ3) is 1.34. The summed E-state index contributed by atoms with van der Waals surface area (Å²) < 4.78 is 1.78. The number of para-hydroxylation sites is 1. The molecule has 0 radical (unpaired) electrons. The Bertz CT molecular complexity index is 1170. The number of fused-ring (bicyclic) bond motifs is 8. The van der Waals surface area contributed by atoms with Crippen molar-refractivity contribution in [3.05, 3.63) is 59.7 Å². The molecule has 0 bridgehead atoms. The van der Waals surface area contributed by atoms with Crippen LogP contribution in [0.1, 0.15) is 20.7 Å². The summed E-state index contributed by atoms with van der Waals surface area (Å²) in [6, 6.07) is 15.2. The van der Waals surface area contributed by atoms with Gasteiger partial charge in [0, 0.05) is 17.8 Å². The van der Waals surface area contributed by atoms with Crippen LogP contribution in [0.5, 0.6) is 0 Å². The average molecular weight is 301 g/mol. The Morgan fingerprint density at radius 2 is 1.48 bits per heavy atom. The summed E-state index contributed by atoms with van der Waals surface area (Å²) in [7, 11) is 1.52. The first-order chi connectivity index (χ1) is 11.2. The van der Waals surface area contributed by atoms with E-state index in [0.29, 0.717) is 16.6 Å². The second-order valence-electron chi connectivity index (χ2n) is 5.71. The van der Waals surface area contributed by atoms with Crippen molar-refractivity contribution in [3.8, 4) is 0 Å². The largest absolute Gasteiger partial charge is 0.277 e. The number of hydrogen-bond donors (Lipinski definition) is 0. The number of rotatable bonds is 0. The van der Waals surface area contributed by atoms with Gasteiger partial charge in [-0.1, -0.05) is 36.4 Å². The highest BCUT2D eigenvalue weighted by Crippen LogP contribution is 2.36. The van der Waals surface area contributed by atoms with E-state index in [1.807, 2.05) is 48.5 Å². The maximum absolute atomic E-state index is 12.7. The molecule has 1 aliphatic rings. The van der Waals surface area contributed by atoms with E-state index in [4.69, 9.17) is 0 Å². The van der Waals surface area contributed by atoms with Gasteiger partial charge in [0.15, 0.2) is 0 Å². The van der Waals surface area contributed by atoms with E-state index in [1.54, 1.807) is 4.52 Å². The van der Waals surface area contributed by atoms with Crippen LogP contribution in [0.25, 0.3) is 27.3 Å². The molecule has 0 spiro atoms. The number of carbonyl (C=O) groups is 2. The van der Waals surface area contributed by atoms with Crippen LogP contribution in [0.15, 0.2) is 48.5 Å². The second kappa shape index (κ2) is 3.95. The minimum absolute atomic E-state index is 0.256. The summed E-state index contributed by atoms with van der Waals surface area (Å²) >= 11 is 0. The van der Waals surface area contributed by atoms with Crippen molar-refractivity contribution in [2.45, 2.75) is 0 Å². The van der Waals surface area contributed by atoms with Crippen LogP contribution in [0.2, 0.25) is 0 Å². The fraction of sp³-hybridized carbons (Fsp3) is 0.0556. The van der Waals surface area contributed by atoms with Gasteiger partial charge in [0.05, 0.1) is 27.7 Å². The van der Waals surface area contributed by atoms with Crippen LogP contribution in [-0.2, 0) is 0 Å². The van der Waals surface area contributed by atoms with Crippen LogP contribution in [0.3, 0.4) is 0 Å². The molecule has 0 N–H and O–H groups in total. The highest BCUT2D eigenvalue weighted by atomic mass is 16.2. The highest BCUT2D eigenvalue weighted by Gasteiger charge is 2.37. The van der Waals surface area contributed by atoms with Gasteiger partial charge in [-0.3, -0.25) is 14.5 Å². The van der Waals surface area contributed by atoms with Gasteiger partial charge in [-0.25, -0.2) is 4.52 Å². The molecule has 23 heavy (non-hydrogen) atoms. The van der Waals surface area contributed by atoms with Crippen molar-refractivity contribution < 1.29 is 9.59 Å². The molecule has 110 valence electrons. The maximum Gasteiger partial charge on any atom is 0.263 e. The lowest BCUT2D eigenvalue weighted by Gasteiger charge is -2.06. The van der Waals surface area contributed by atoms with Gasteiger partial charge in [0.2, 0.25) is 0 Å². The molecule has 0 saturated carbocycles. The molecule has 2 amide bonds. The number of aromatic nitrogens is 2. The van der Waals surface area contributed by atoms with Crippen LogP contribution >= 0.6 is 0 Å². The molecule has 4 aromatic rings. The molecule has 5 nitrogen and oxygen atoms in total. The Hall–Kier alpha value is -3.21. The molecule has 2 aromatic heterocycles. The molecular formula is C18H11N3O2. The molecule has 0 unspecified atom stereocenters. The molecular weight excluding hydrogens is 290 g/mol. The molecule has 2 aromatic carbocycles. The van der Waals surface area contributed by atoms with Gasteiger partial charge in [-0.05, 0) is 12.1 Å². The Kier molecular flexibility index (Phi) is 2.12. The van der Waals surface area contributed by atoms with Gasteiger partial charge in [-0.2, -0.15) is 5.10 Å². The molecule has 0 aliphatic carbocycles. The van der Waals surface area contributed by atoms with Crippen LogP contribution in [0, 0.1) is 0 Å². The monoisotopic (exact) mass is 301 g/mol. The lowest BCUT2D eigenvalue weighted by molar-refractivity contribution is 0.0694. The van der Waals surface area contributed by atoms with Crippen LogP contribution in [0.4, 0.5) is 0 Å². The van der Waals surface area contributed by atoms with E-state index in [-0.39, 0.29) is 11.8 Å². The molecule has 0 atom stereocenters. The van der Waals surface area contributed by atoms with E-state index >= 15 is 0 Å². The minimum atomic E-state index is -0.272. The Morgan fingerprint density at radius 1 is 0.826 bits per heavy atom. The van der Waals surface area contributed by atoms with Crippen LogP contribution < -0.4 is 0 Å². The normalized spacial score (nSPS) is 14.4. The summed E-state index contributed by atoms with van der Waals surface area (Å²) in [4.78, 5) is 26.4. The lowest BCUT2D eigenvalue weighted by Crippen LogP contribution is -2.24. The van der Waals surface area contributed by atoms with Crippen molar-refractivity contribution in [1.29, 1.82) is 0 Å². The van der Waals surface area contributed by atoms with E-state index in [9.17, 15) is 9.59 Å². The quantitative estimate of drug-likeness (QED) is 0.469. The summed E-state index contributed by atoms with van der Waals surface area (Å²) in [6.07, 6.45) is 0. The second-order valence-corrected chi connectivity index (χ2v) is 5.71. The van der Waals surface area contributed by atoms with E-state index in [1.165, 1.54) is 11.9 Å². The first-order valence-electron chi connectivity index (χ1n) is 7.33. The summed E-state index contributed by atoms with van der Waals surface area (Å²) in [5, 5.41) is 6.28. The number of carbonyl (C=O) groups excluding carboxylic acids is 2. The first-order valence-corrected chi connectivity index (χ1v) is 7.33. The van der Waals surface area contributed by atoms with Crippen molar-refractivity contribution in [2.24, 2.45) is 0 Å². The summed E-state index contributed by atoms with van der Waals surface area (Å²) in [6.45, 7) is 0. The van der Waals surface area contributed by atoms with Crippen molar-refractivity contribution >= 4 is 39.1 Å². The fourth-order valence-corrected chi connectivity index (χ4v) is 3.43. The van der Waals surface area contributed by atoms with E-state index in [2.05, 4.69) is 5.10 Å². The zero-order valence-electron chi connectivity index (χ0n) is 12.3. The smallest absolute Gasteiger partial charge is 0.263 e. The highest BCUT2D eigenvalue weighted by molar-refractivity contribution is 6.30. The molecule has 5 rings (SSSR count). The van der Waals surface area contributed by atoms with Gasteiger partial charge in [0.1, 0.15) is 0 Å². The van der Waals surface area contributed by atoms with Crippen molar-refractivity contribution in [3.63, 3.8) is 0 Å². The number of hydrogen-bond acceptors (Lipinski definition) is 3. The summed E-state index contributed by atoms with van der Waals surface area (Å²) in [5.74, 6) is -0.527. The third-order valence-corrected chi connectivity index (χ3v) is 4.50. The number of imide groups is 1. The average Bonchev–Trinajstić information content (AvgIpc) is 3.07.